The number of allylic oxidation sites excluding steroid dienone is 1. The first-order valence-electron chi connectivity index (χ1n) is 5.52. The molecule has 0 radical (unpaired) electrons. The minimum absolute atomic E-state index is 0.701. The highest BCUT2D eigenvalue weighted by atomic mass is 16.1. The maximum Gasteiger partial charge on any atom is 0.150 e. The maximum absolute atomic E-state index is 10.6. The normalized spacial score (nSPS) is 9.94. The van der Waals surface area contributed by atoms with Crippen LogP contribution < -0.4 is 0 Å². The smallest absolute Gasteiger partial charge is 0.150 e. The van der Waals surface area contributed by atoms with Gasteiger partial charge in [-0.15, -0.1) is 0 Å². The highest BCUT2D eigenvalue weighted by Gasteiger charge is 1.98. The molecule has 0 heterocycles. The molecule has 0 aliphatic carbocycles. The van der Waals surface area contributed by atoms with E-state index in [9.17, 15) is 4.79 Å². The van der Waals surface area contributed by atoms with Crippen molar-refractivity contribution >= 4 is 11.9 Å². The van der Waals surface area contributed by atoms with Crippen molar-refractivity contribution in [3.63, 3.8) is 0 Å². The first-order valence-corrected chi connectivity index (χ1v) is 5.52. The van der Waals surface area contributed by atoms with Gasteiger partial charge in [0.05, 0.1) is 0 Å². The SMILES string of the molecule is C=C(C)c1ccc(-c2ccc(C=O)cc2)cc1. The van der Waals surface area contributed by atoms with E-state index in [1.54, 1.807) is 0 Å². The van der Waals surface area contributed by atoms with Crippen molar-refractivity contribution in [1.82, 2.24) is 0 Å². The minimum atomic E-state index is 0.701. The molecule has 1 nitrogen and oxygen atoms in total. The number of rotatable bonds is 3. The molecule has 0 aliphatic heterocycles. The zero-order valence-electron chi connectivity index (χ0n) is 9.81. The summed E-state index contributed by atoms with van der Waals surface area (Å²) in [5.41, 5.74) is 5.18. The van der Waals surface area contributed by atoms with E-state index in [1.807, 2.05) is 31.2 Å². The van der Waals surface area contributed by atoms with Crippen LogP contribution in [0.4, 0.5) is 0 Å². The third-order valence-electron chi connectivity index (χ3n) is 2.76. The minimum Gasteiger partial charge on any atom is -0.298 e. The molecule has 0 unspecified atom stereocenters. The van der Waals surface area contributed by atoms with Gasteiger partial charge in [0.2, 0.25) is 0 Å². The standard InChI is InChI=1S/C16H14O/c1-12(2)14-7-9-16(10-8-14)15-5-3-13(11-17)4-6-15/h3-11H,1H2,2H3. The highest BCUT2D eigenvalue weighted by Crippen LogP contribution is 2.22. The van der Waals surface area contributed by atoms with E-state index in [0.717, 1.165) is 28.5 Å². The molecular weight excluding hydrogens is 208 g/mol. The van der Waals surface area contributed by atoms with Crippen LogP contribution in [0.5, 0.6) is 0 Å². The molecule has 2 rings (SSSR count). The molecule has 1 heteroatoms. The average molecular weight is 222 g/mol. The summed E-state index contributed by atoms with van der Waals surface area (Å²) in [6.07, 6.45) is 0.855. The van der Waals surface area contributed by atoms with E-state index in [-0.39, 0.29) is 0 Å². The molecule has 0 bridgehead atoms. The number of aldehydes is 1. The second kappa shape index (κ2) is 4.79. The largest absolute Gasteiger partial charge is 0.298 e. The Morgan fingerprint density at radius 1 is 0.941 bits per heavy atom. The van der Waals surface area contributed by atoms with Crippen molar-refractivity contribution in [3.05, 3.63) is 66.2 Å². The monoisotopic (exact) mass is 222 g/mol. The van der Waals surface area contributed by atoms with Crippen LogP contribution in [-0.4, -0.2) is 6.29 Å². The molecule has 0 fully saturated rings. The van der Waals surface area contributed by atoms with Crippen molar-refractivity contribution in [2.45, 2.75) is 6.92 Å². The molecular formula is C16H14O. The fourth-order valence-corrected chi connectivity index (χ4v) is 1.70. The Labute approximate surface area is 101 Å². The molecule has 2 aromatic carbocycles. The lowest BCUT2D eigenvalue weighted by Gasteiger charge is -2.04. The lowest BCUT2D eigenvalue weighted by molar-refractivity contribution is 0.112. The van der Waals surface area contributed by atoms with Crippen LogP contribution in [0.3, 0.4) is 0 Å². The van der Waals surface area contributed by atoms with Gasteiger partial charge in [-0.1, -0.05) is 60.7 Å². The summed E-state index contributed by atoms with van der Waals surface area (Å²) in [5.74, 6) is 0. The van der Waals surface area contributed by atoms with Gasteiger partial charge in [0.1, 0.15) is 6.29 Å². The lowest BCUT2D eigenvalue weighted by atomic mass is 10.0. The predicted octanol–water partition coefficient (Wildman–Crippen LogP) is 4.20. The van der Waals surface area contributed by atoms with Gasteiger partial charge in [-0.2, -0.15) is 0 Å². The summed E-state index contributed by atoms with van der Waals surface area (Å²) in [6.45, 7) is 5.91. The Kier molecular flexibility index (Phi) is 3.20. The molecule has 17 heavy (non-hydrogen) atoms. The summed E-state index contributed by atoms with van der Waals surface area (Å²) >= 11 is 0. The van der Waals surface area contributed by atoms with Gasteiger partial charge >= 0.3 is 0 Å². The van der Waals surface area contributed by atoms with Crippen molar-refractivity contribution in [2.24, 2.45) is 0 Å². The van der Waals surface area contributed by atoms with Crippen LogP contribution >= 0.6 is 0 Å². The van der Waals surface area contributed by atoms with E-state index in [2.05, 4.69) is 30.8 Å². The van der Waals surface area contributed by atoms with Crippen LogP contribution in [0.2, 0.25) is 0 Å². The Morgan fingerprint density at radius 3 is 1.82 bits per heavy atom. The molecule has 0 saturated carbocycles. The fraction of sp³-hybridized carbons (Fsp3) is 0.0625. The van der Waals surface area contributed by atoms with Gasteiger partial charge in [-0.05, 0) is 23.6 Å². The van der Waals surface area contributed by atoms with Crippen molar-refractivity contribution in [2.75, 3.05) is 0 Å². The number of carbonyl (C=O) groups is 1. The summed E-state index contributed by atoms with van der Waals surface area (Å²) in [6, 6.07) is 15.8. The van der Waals surface area contributed by atoms with E-state index in [1.165, 1.54) is 0 Å². The second-order valence-electron chi connectivity index (χ2n) is 4.10. The van der Waals surface area contributed by atoms with Crippen LogP contribution in [-0.2, 0) is 0 Å². The Balaban J connectivity index is 2.32. The van der Waals surface area contributed by atoms with Crippen LogP contribution in [0, 0.1) is 0 Å². The summed E-state index contributed by atoms with van der Waals surface area (Å²) in [7, 11) is 0. The van der Waals surface area contributed by atoms with E-state index >= 15 is 0 Å². The maximum atomic E-state index is 10.6. The van der Waals surface area contributed by atoms with Crippen LogP contribution in [0.25, 0.3) is 16.7 Å². The van der Waals surface area contributed by atoms with Gasteiger partial charge in [0, 0.05) is 5.56 Å². The van der Waals surface area contributed by atoms with E-state index in [4.69, 9.17) is 0 Å². The van der Waals surface area contributed by atoms with Gasteiger partial charge in [-0.25, -0.2) is 0 Å². The number of benzene rings is 2. The summed E-state index contributed by atoms with van der Waals surface area (Å²) in [4.78, 5) is 10.6. The number of hydrogen-bond acceptors (Lipinski definition) is 1. The quantitative estimate of drug-likeness (QED) is 0.711. The van der Waals surface area contributed by atoms with E-state index < -0.39 is 0 Å². The summed E-state index contributed by atoms with van der Waals surface area (Å²) in [5, 5.41) is 0. The van der Waals surface area contributed by atoms with Crippen LogP contribution in [0.1, 0.15) is 22.8 Å². The molecule has 2 aromatic rings. The molecule has 0 N–H and O–H groups in total. The predicted molar refractivity (Wildman–Crippen MR) is 72.0 cm³/mol. The van der Waals surface area contributed by atoms with E-state index in [0.29, 0.717) is 5.56 Å². The van der Waals surface area contributed by atoms with Crippen molar-refractivity contribution in [3.8, 4) is 11.1 Å². The zero-order valence-corrected chi connectivity index (χ0v) is 9.81. The highest BCUT2D eigenvalue weighted by molar-refractivity contribution is 5.77. The van der Waals surface area contributed by atoms with Crippen LogP contribution in [0.15, 0.2) is 55.1 Å². The molecule has 0 aromatic heterocycles. The van der Waals surface area contributed by atoms with Gasteiger partial charge in [0.15, 0.2) is 0 Å². The molecule has 0 aliphatic rings. The molecule has 0 atom stereocenters. The van der Waals surface area contributed by atoms with Crippen molar-refractivity contribution < 1.29 is 4.79 Å². The molecule has 0 saturated heterocycles. The van der Waals surface area contributed by atoms with Gasteiger partial charge < -0.3 is 0 Å². The topological polar surface area (TPSA) is 17.1 Å². The first-order chi connectivity index (χ1) is 8.20. The van der Waals surface area contributed by atoms with Gasteiger partial charge in [-0.3, -0.25) is 4.79 Å². The zero-order chi connectivity index (χ0) is 12.3. The molecule has 0 spiro atoms. The van der Waals surface area contributed by atoms with Crippen molar-refractivity contribution in [1.29, 1.82) is 0 Å². The Hall–Kier alpha value is -2.15. The third-order valence-corrected chi connectivity index (χ3v) is 2.76. The average Bonchev–Trinajstić information content (AvgIpc) is 2.39. The Bertz CT molecular complexity index is 533. The second-order valence-corrected chi connectivity index (χ2v) is 4.10. The molecule has 84 valence electrons. The number of hydrogen-bond donors (Lipinski definition) is 0. The fourth-order valence-electron chi connectivity index (χ4n) is 1.70. The molecule has 0 amide bonds. The Morgan fingerprint density at radius 2 is 1.41 bits per heavy atom. The lowest BCUT2D eigenvalue weighted by Crippen LogP contribution is -1.82. The summed E-state index contributed by atoms with van der Waals surface area (Å²) < 4.78 is 0. The number of carbonyl (C=O) groups excluding carboxylic acids is 1. The van der Waals surface area contributed by atoms with Gasteiger partial charge in [0.25, 0.3) is 0 Å². The first kappa shape index (κ1) is 11.3. The third kappa shape index (κ3) is 2.51.